The van der Waals surface area contributed by atoms with Crippen molar-refractivity contribution in [3.8, 4) is 0 Å². The third-order valence-electron chi connectivity index (χ3n) is 3.13. The molecule has 0 saturated carbocycles. The van der Waals surface area contributed by atoms with Gasteiger partial charge in [0.05, 0.1) is 5.41 Å². The quantitative estimate of drug-likeness (QED) is 0.845. The van der Waals surface area contributed by atoms with Gasteiger partial charge >= 0.3 is 0 Å². The lowest BCUT2D eigenvalue weighted by molar-refractivity contribution is -0.126. The summed E-state index contributed by atoms with van der Waals surface area (Å²) in [5, 5.41) is 2.38. The van der Waals surface area contributed by atoms with Gasteiger partial charge in [0.2, 0.25) is 11.8 Å². The molecule has 16 heavy (non-hydrogen) atoms. The second-order valence-electron chi connectivity index (χ2n) is 4.00. The monoisotopic (exact) mass is 281 g/mol. The largest absolute Gasteiger partial charge is 0.296 e. The maximum atomic E-state index is 11.9. The first kappa shape index (κ1) is 11.3. The summed E-state index contributed by atoms with van der Waals surface area (Å²) in [6, 6.07) is 7.59. The van der Waals surface area contributed by atoms with Crippen molar-refractivity contribution in [3.05, 3.63) is 34.3 Å². The van der Waals surface area contributed by atoms with Crippen molar-refractivity contribution in [2.75, 3.05) is 0 Å². The fraction of sp³-hybridized carbons (Fsp3) is 0.333. The molecule has 2 rings (SSSR count). The zero-order valence-corrected chi connectivity index (χ0v) is 10.5. The molecule has 1 aliphatic heterocycles. The normalized spacial score (nSPS) is 24.6. The molecule has 84 valence electrons. The predicted molar refractivity (Wildman–Crippen MR) is 63.9 cm³/mol. The maximum Gasteiger partial charge on any atom is 0.237 e. The van der Waals surface area contributed by atoms with E-state index in [1.807, 2.05) is 31.2 Å². The van der Waals surface area contributed by atoms with Gasteiger partial charge in [-0.1, -0.05) is 35.0 Å². The smallest absolute Gasteiger partial charge is 0.237 e. The fourth-order valence-corrected chi connectivity index (χ4v) is 2.55. The highest BCUT2D eigenvalue weighted by Gasteiger charge is 2.46. The van der Waals surface area contributed by atoms with Crippen molar-refractivity contribution in [2.45, 2.75) is 25.2 Å². The molecule has 3 nitrogen and oxygen atoms in total. The molecule has 1 unspecified atom stereocenters. The van der Waals surface area contributed by atoms with Gasteiger partial charge in [-0.05, 0) is 24.1 Å². The first-order valence-electron chi connectivity index (χ1n) is 5.19. The Morgan fingerprint density at radius 2 is 2.19 bits per heavy atom. The Morgan fingerprint density at radius 1 is 1.44 bits per heavy atom. The summed E-state index contributed by atoms with van der Waals surface area (Å²) in [5.41, 5.74) is 0.216. The highest BCUT2D eigenvalue weighted by atomic mass is 79.9. The molecule has 0 aliphatic carbocycles. The number of rotatable bonds is 2. The minimum Gasteiger partial charge on any atom is -0.296 e. The zero-order valence-electron chi connectivity index (χ0n) is 8.92. The zero-order chi connectivity index (χ0) is 11.8. The molecular weight excluding hydrogens is 270 g/mol. The van der Waals surface area contributed by atoms with Crippen molar-refractivity contribution in [1.29, 1.82) is 0 Å². The number of nitrogens with one attached hydrogen (secondary N) is 1. The molecular formula is C12H12BrNO2. The molecule has 0 spiro atoms. The Bertz CT molecular complexity index is 458. The summed E-state index contributed by atoms with van der Waals surface area (Å²) in [4.78, 5) is 23.2. The van der Waals surface area contributed by atoms with E-state index >= 15 is 0 Å². The van der Waals surface area contributed by atoms with Crippen LogP contribution in [0.2, 0.25) is 0 Å². The van der Waals surface area contributed by atoms with E-state index in [-0.39, 0.29) is 18.2 Å². The van der Waals surface area contributed by atoms with Gasteiger partial charge in [-0.3, -0.25) is 14.9 Å². The van der Waals surface area contributed by atoms with Crippen LogP contribution >= 0.6 is 15.9 Å². The minimum atomic E-state index is -0.680. The Labute approximate surface area is 102 Å². The molecule has 0 bridgehead atoms. The lowest BCUT2D eigenvalue weighted by Gasteiger charge is -2.24. The average Bonchev–Trinajstić information content (AvgIpc) is 2.54. The van der Waals surface area contributed by atoms with Crippen LogP contribution in [0.3, 0.4) is 0 Å². The third kappa shape index (κ3) is 1.67. The molecule has 1 N–H and O–H groups in total. The van der Waals surface area contributed by atoms with E-state index in [4.69, 9.17) is 0 Å². The van der Waals surface area contributed by atoms with Gasteiger partial charge in [0.25, 0.3) is 0 Å². The average molecular weight is 282 g/mol. The van der Waals surface area contributed by atoms with E-state index in [2.05, 4.69) is 21.2 Å². The third-order valence-corrected chi connectivity index (χ3v) is 3.62. The van der Waals surface area contributed by atoms with Crippen LogP contribution in [-0.2, 0) is 15.0 Å². The van der Waals surface area contributed by atoms with Gasteiger partial charge in [0, 0.05) is 10.9 Å². The van der Waals surface area contributed by atoms with E-state index in [1.165, 1.54) is 0 Å². The van der Waals surface area contributed by atoms with Crippen LogP contribution in [0.15, 0.2) is 28.7 Å². The highest BCUT2D eigenvalue weighted by molar-refractivity contribution is 9.10. The summed E-state index contributed by atoms with van der Waals surface area (Å²) >= 11 is 3.38. The Kier molecular flexibility index (Phi) is 2.84. The highest BCUT2D eigenvalue weighted by Crippen LogP contribution is 2.36. The molecule has 0 radical (unpaired) electrons. The molecule has 1 atom stereocenters. The second-order valence-corrected chi connectivity index (χ2v) is 4.92. The van der Waals surface area contributed by atoms with E-state index in [0.29, 0.717) is 6.42 Å². The Morgan fingerprint density at radius 3 is 2.69 bits per heavy atom. The van der Waals surface area contributed by atoms with E-state index in [0.717, 1.165) is 10.0 Å². The van der Waals surface area contributed by atoms with Crippen molar-refractivity contribution in [2.24, 2.45) is 0 Å². The summed E-state index contributed by atoms with van der Waals surface area (Å²) in [6.07, 6.45) is 0.875. The Hall–Kier alpha value is -1.16. The minimum absolute atomic E-state index is 0.182. The number of benzene rings is 1. The number of hydrogen-bond acceptors (Lipinski definition) is 2. The van der Waals surface area contributed by atoms with E-state index in [1.54, 1.807) is 0 Å². The summed E-state index contributed by atoms with van der Waals surface area (Å²) in [6.45, 7) is 1.93. The van der Waals surface area contributed by atoms with Crippen LogP contribution in [-0.4, -0.2) is 11.8 Å². The van der Waals surface area contributed by atoms with Gasteiger partial charge < -0.3 is 0 Å². The fourth-order valence-electron chi connectivity index (χ4n) is 2.15. The number of carbonyl (C=O) groups is 2. The van der Waals surface area contributed by atoms with Crippen LogP contribution in [0.1, 0.15) is 25.3 Å². The van der Waals surface area contributed by atoms with Gasteiger partial charge in [0.1, 0.15) is 0 Å². The summed E-state index contributed by atoms with van der Waals surface area (Å²) < 4.78 is 0.921. The molecule has 1 aromatic rings. The van der Waals surface area contributed by atoms with Crippen LogP contribution in [0.5, 0.6) is 0 Å². The van der Waals surface area contributed by atoms with Gasteiger partial charge in [0.15, 0.2) is 0 Å². The molecule has 1 heterocycles. The van der Waals surface area contributed by atoms with E-state index < -0.39 is 5.41 Å². The lowest BCUT2D eigenvalue weighted by Crippen LogP contribution is -2.34. The lowest BCUT2D eigenvalue weighted by atomic mass is 9.77. The maximum absolute atomic E-state index is 11.9. The topological polar surface area (TPSA) is 46.2 Å². The standard InChI is InChI=1S/C12H12BrNO2/c1-2-12(7-10(15)14-11(12)16)8-4-3-5-9(13)6-8/h3-6H,2,7H2,1H3,(H,14,15,16). The Balaban J connectivity index is 2.50. The van der Waals surface area contributed by atoms with Gasteiger partial charge in [-0.15, -0.1) is 0 Å². The first-order valence-corrected chi connectivity index (χ1v) is 5.98. The number of halogens is 1. The summed E-state index contributed by atoms with van der Waals surface area (Å²) in [5.74, 6) is -0.370. The SMILES string of the molecule is CCC1(c2cccc(Br)c2)CC(=O)NC1=O. The van der Waals surface area contributed by atoms with Crippen LogP contribution in [0.4, 0.5) is 0 Å². The van der Waals surface area contributed by atoms with Crippen molar-refractivity contribution >= 4 is 27.7 Å². The van der Waals surface area contributed by atoms with Crippen molar-refractivity contribution in [1.82, 2.24) is 5.32 Å². The first-order chi connectivity index (χ1) is 7.58. The molecule has 1 aliphatic rings. The summed E-state index contributed by atoms with van der Waals surface area (Å²) in [7, 11) is 0. The predicted octanol–water partition coefficient (Wildman–Crippen LogP) is 2.14. The molecule has 2 amide bonds. The van der Waals surface area contributed by atoms with Crippen LogP contribution < -0.4 is 5.32 Å². The molecule has 1 aromatic carbocycles. The van der Waals surface area contributed by atoms with Crippen LogP contribution in [0.25, 0.3) is 0 Å². The molecule has 0 aromatic heterocycles. The van der Waals surface area contributed by atoms with Crippen molar-refractivity contribution in [3.63, 3.8) is 0 Å². The molecule has 1 fully saturated rings. The molecule has 4 heteroatoms. The van der Waals surface area contributed by atoms with Crippen molar-refractivity contribution < 1.29 is 9.59 Å². The number of amides is 2. The number of carbonyl (C=O) groups excluding carboxylic acids is 2. The van der Waals surface area contributed by atoms with Gasteiger partial charge in [-0.2, -0.15) is 0 Å². The number of hydrogen-bond donors (Lipinski definition) is 1. The van der Waals surface area contributed by atoms with Gasteiger partial charge in [-0.25, -0.2) is 0 Å². The molecule has 1 saturated heterocycles. The number of imide groups is 1. The van der Waals surface area contributed by atoms with Crippen LogP contribution in [0, 0.1) is 0 Å². The second kappa shape index (κ2) is 4.01. The van der Waals surface area contributed by atoms with E-state index in [9.17, 15) is 9.59 Å².